The van der Waals surface area contributed by atoms with E-state index in [1.807, 2.05) is 0 Å². The van der Waals surface area contributed by atoms with E-state index < -0.39 is 16.8 Å². The highest BCUT2D eigenvalue weighted by atomic mass is 32.2. The number of nitrogens with zero attached hydrogens (tertiary/aromatic N) is 2. The highest BCUT2D eigenvalue weighted by molar-refractivity contribution is 7.99. The number of hydrogen-bond acceptors (Lipinski definition) is 7. The summed E-state index contributed by atoms with van der Waals surface area (Å²) in [5.74, 6) is -1.05. The fourth-order valence-corrected chi connectivity index (χ4v) is 2.12. The molecular weight excluding hydrogens is 250 g/mol. The molecule has 6 nitrogen and oxygen atoms in total. The van der Waals surface area contributed by atoms with Crippen molar-refractivity contribution in [3.63, 3.8) is 0 Å². The van der Waals surface area contributed by atoms with E-state index in [-0.39, 0.29) is 0 Å². The lowest BCUT2D eigenvalue weighted by Gasteiger charge is -2.27. The Labute approximate surface area is 101 Å². The minimum Gasteiger partial charge on any atom is -0.480 e. The van der Waals surface area contributed by atoms with Gasteiger partial charge >= 0.3 is 5.97 Å². The maximum Gasteiger partial charge on any atom is 0.327 e. The normalized spacial score (nSPS) is 13.1. The van der Waals surface area contributed by atoms with Crippen LogP contribution in [-0.4, -0.2) is 26.8 Å². The first kappa shape index (κ1) is 12.9. The average molecular weight is 261 g/mol. The van der Waals surface area contributed by atoms with Crippen LogP contribution in [-0.2, 0) is 4.79 Å². The zero-order chi connectivity index (χ0) is 12.2. The summed E-state index contributed by atoms with van der Waals surface area (Å²) in [6, 6.07) is -0.929. The topological polar surface area (TPSA) is 91.7 Å². The Morgan fingerprint density at radius 3 is 2.88 bits per heavy atom. The molecule has 0 saturated carbocycles. The summed E-state index contributed by atoms with van der Waals surface area (Å²) < 4.78 is 1.84. The first-order valence-corrected chi connectivity index (χ1v) is 6.02. The Morgan fingerprint density at radius 2 is 2.44 bits per heavy atom. The minimum absolute atomic E-state index is 0.506. The zero-order valence-corrected chi connectivity index (χ0v) is 10.3. The van der Waals surface area contributed by atoms with E-state index in [4.69, 9.17) is 5.11 Å². The summed E-state index contributed by atoms with van der Waals surface area (Å²) in [7, 11) is 0. The molecule has 0 aromatic carbocycles. The van der Waals surface area contributed by atoms with E-state index in [1.165, 1.54) is 11.3 Å². The summed E-state index contributed by atoms with van der Waals surface area (Å²) >= 11 is 1.99. The van der Waals surface area contributed by atoms with Crippen molar-refractivity contribution >= 4 is 34.4 Å². The summed E-state index contributed by atoms with van der Waals surface area (Å²) in [5, 5.41) is 14.1. The predicted octanol–water partition coefficient (Wildman–Crippen LogP) is 2.20. The van der Waals surface area contributed by atoms with E-state index in [1.54, 1.807) is 25.4 Å². The van der Waals surface area contributed by atoms with Crippen molar-refractivity contribution in [2.45, 2.75) is 24.6 Å². The number of hydrogen-bond donors (Lipinski definition) is 2. The number of carboxylic acids is 1. The quantitative estimate of drug-likeness (QED) is 0.602. The third kappa shape index (κ3) is 3.17. The number of thiazole rings is 1. The molecule has 1 unspecified atom stereocenters. The SMILES string of the molecule is CC(C)(SN=O)C(Nc1nccs1)C(=O)O. The fraction of sp³-hybridized carbons (Fsp3) is 0.500. The summed E-state index contributed by atoms with van der Waals surface area (Å²) in [6.45, 7) is 3.27. The van der Waals surface area contributed by atoms with Gasteiger partial charge in [0.15, 0.2) is 5.13 Å². The van der Waals surface area contributed by atoms with Crippen molar-refractivity contribution in [3.05, 3.63) is 16.5 Å². The molecule has 8 heteroatoms. The van der Waals surface area contributed by atoms with Crippen LogP contribution in [0.2, 0.25) is 0 Å². The number of carbonyl (C=O) groups is 1. The molecule has 2 N–H and O–H groups in total. The maximum absolute atomic E-state index is 11.1. The second-order valence-corrected chi connectivity index (χ2v) is 5.80. The lowest BCUT2D eigenvalue weighted by molar-refractivity contribution is -0.138. The molecule has 0 aliphatic heterocycles. The number of carboxylic acid groups (broad SMARTS) is 1. The van der Waals surface area contributed by atoms with Gasteiger partial charge in [-0.15, -0.1) is 16.2 Å². The second kappa shape index (κ2) is 5.26. The van der Waals surface area contributed by atoms with Crippen LogP contribution in [0.1, 0.15) is 13.8 Å². The molecule has 0 spiro atoms. The number of aromatic nitrogens is 1. The van der Waals surface area contributed by atoms with Gasteiger partial charge in [-0.05, 0) is 13.8 Å². The van der Waals surface area contributed by atoms with Gasteiger partial charge in [-0.1, -0.05) is 0 Å². The third-order valence-corrected chi connectivity index (χ3v) is 3.40. The number of rotatable bonds is 6. The lowest BCUT2D eigenvalue weighted by Crippen LogP contribution is -2.45. The van der Waals surface area contributed by atoms with Crippen molar-refractivity contribution in [1.82, 2.24) is 4.98 Å². The average Bonchev–Trinajstić information content (AvgIpc) is 2.65. The summed E-state index contributed by atoms with van der Waals surface area (Å²) in [5.41, 5.74) is 0. The van der Waals surface area contributed by atoms with Gasteiger partial charge in [0.1, 0.15) is 6.04 Å². The van der Waals surface area contributed by atoms with Gasteiger partial charge in [-0.2, -0.15) is 0 Å². The zero-order valence-electron chi connectivity index (χ0n) is 8.71. The Hall–Kier alpha value is -1.15. The van der Waals surface area contributed by atoms with Gasteiger partial charge in [-0.3, -0.25) is 0 Å². The van der Waals surface area contributed by atoms with Gasteiger partial charge in [0.2, 0.25) is 0 Å². The molecule has 1 aromatic heterocycles. The number of anilines is 1. The predicted molar refractivity (Wildman–Crippen MR) is 64.6 cm³/mol. The van der Waals surface area contributed by atoms with Crippen LogP contribution in [0, 0.1) is 4.91 Å². The highest BCUT2D eigenvalue weighted by Gasteiger charge is 2.37. The molecule has 0 amide bonds. The molecule has 1 aromatic rings. The van der Waals surface area contributed by atoms with E-state index in [0.29, 0.717) is 17.1 Å². The van der Waals surface area contributed by atoms with Crippen molar-refractivity contribution in [1.29, 1.82) is 0 Å². The van der Waals surface area contributed by atoms with Crippen LogP contribution in [0.25, 0.3) is 0 Å². The van der Waals surface area contributed by atoms with E-state index >= 15 is 0 Å². The lowest BCUT2D eigenvalue weighted by atomic mass is 10.0. The van der Waals surface area contributed by atoms with E-state index in [2.05, 4.69) is 14.9 Å². The molecule has 0 saturated heterocycles. The van der Waals surface area contributed by atoms with E-state index in [9.17, 15) is 9.70 Å². The Kier molecular flexibility index (Phi) is 4.25. The van der Waals surface area contributed by atoms with Crippen molar-refractivity contribution in [3.8, 4) is 0 Å². The molecule has 0 aliphatic carbocycles. The molecule has 0 radical (unpaired) electrons. The highest BCUT2D eigenvalue weighted by Crippen LogP contribution is 2.31. The molecule has 0 fully saturated rings. The monoisotopic (exact) mass is 261 g/mol. The van der Waals surface area contributed by atoms with Crippen LogP contribution >= 0.6 is 23.3 Å². The van der Waals surface area contributed by atoms with Gasteiger partial charge in [-0.25, -0.2) is 9.78 Å². The molecule has 1 rings (SSSR count). The van der Waals surface area contributed by atoms with Crippen molar-refractivity contribution in [2.75, 3.05) is 5.32 Å². The molecular formula is C8H11N3O3S2. The van der Waals surface area contributed by atoms with Crippen molar-refractivity contribution < 1.29 is 9.90 Å². The summed E-state index contributed by atoms with van der Waals surface area (Å²) in [6.07, 6.45) is 1.57. The molecule has 16 heavy (non-hydrogen) atoms. The summed E-state index contributed by atoms with van der Waals surface area (Å²) in [4.78, 5) is 25.3. The fourth-order valence-electron chi connectivity index (χ4n) is 1.10. The van der Waals surface area contributed by atoms with Crippen LogP contribution in [0.4, 0.5) is 5.13 Å². The molecule has 1 heterocycles. The molecule has 0 aliphatic rings. The second-order valence-electron chi connectivity index (χ2n) is 3.52. The van der Waals surface area contributed by atoms with E-state index in [0.717, 1.165) is 0 Å². The number of nitroso groups, excluding NO2 is 1. The third-order valence-electron chi connectivity index (χ3n) is 1.91. The number of nitrogens with one attached hydrogen (secondary N) is 1. The van der Waals surface area contributed by atoms with Crippen LogP contribution in [0.5, 0.6) is 0 Å². The molecule has 1 atom stereocenters. The molecule has 88 valence electrons. The first-order valence-electron chi connectivity index (χ1n) is 4.37. The smallest absolute Gasteiger partial charge is 0.327 e. The van der Waals surface area contributed by atoms with Gasteiger partial charge in [0.05, 0.1) is 4.75 Å². The Balaban J connectivity index is 2.82. The van der Waals surface area contributed by atoms with Gasteiger partial charge in [0.25, 0.3) is 0 Å². The van der Waals surface area contributed by atoms with Crippen molar-refractivity contribution in [2.24, 2.45) is 4.58 Å². The maximum atomic E-state index is 11.1. The van der Waals surface area contributed by atoms with Crippen LogP contribution < -0.4 is 5.32 Å². The standard InChI is InChI=1S/C8H11N3O3S2/c1-8(2,16-11-14)5(6(12)13)10-7-9-3-4-15-7/h3-5H,1-2H3,(H,9,10)(H,12,13). The molecule has 0 bridgehead atoms. The van der Waals surface area contributed by atoms with Gasteiger partial charge < -0.3 is 10.4 Å². The van der Waals surface area contributed by atoms with Crippen LogP contribution in [0.3, 0.4) is 0 Å². The minimum atomic E-state index is -1.05. The Bertz CT molecular complexity index is 367. The van der Waals surface area contributed by atoms with Gasteiger partial charge in [0, 0.05) is 28.1 Å². The first-order chi connectivity index (χ1) is 7.47. The largest absolute Gasteiger partial charge is 0.480 e. The Morgan fingerprint density at radius 1 is 1.75 bits per heavy atom. The van der Waals surface area contributed by atoms with Crippen LogP contribution in [0.15, 0.2) is 16.2 Å². The number of aliphatic carboxylic acids is 1.